The number of amides is 3. The fourth-order valence-corrected chi connectivity index (χ4v) is 2.02. The van der Waals surface area contributed by atoms with Crippen LogP contribution in [0.4, 0.5) is 5.69 Å². The Hall–Kier alpha value is -3.29. The largest absolute Gasteiger partial charge is 0.484 e. The summed E-state index contributed by atoms with van der Waals surface area (Å²) in [5.41, 5.74) is 0.501. The average Bonchev–Trinajstić information content (AvgIpc) is 3.12. The van der Waals surface area contributed by atoms with Gasteiger partial charge in [-0.3, -0.25) is 14.4 Å². The van der Waals surface area contributed by atoms with Crippen molar-refractivity contribution in [1.82, 2.24) is 10.6 Å². The third-order valence-corrected chi connectivity index (χ3v) is 3.10. The molecular weight excluding hydrogens is 338 g/mol. The first-order chi connectivity index (χ1) is 12.4. The van der Waals surface area contributed by atoms with Gasteiger partial charge in [0.1, 0.15) is 5.75 Å². The van der Waals surface area contributed by atoms with E-state index < -0.39 is 5.91 Å². The molecule has 0 atom stereocenters. The van der Waals surface area contributed by atoms with E-state index >= 15 is 0 Å². The molecule has 0 radical (unpaired) electrons. The molecule has 8 heteroatoms. The Labute approximate surface area is 150 Å². The lowest BCUT2D eigenvalue weighted by atomic mass is 10.3. The first-order valence-electron chi connectivity index (χ1n) is 8.08. The van der Waals surface area contributed by atoms with E-state index in [4.69, 9.17) is 9.15 Å². The SMILES string of the molecule is CC(C)NC(=O)CNC(=O)COc1cccc(NC(=O)c2ccco2)c1. The summed E-state index contributed by atoms with van der Waals surface area (Å²) in [6.07, 6.45) is 1.41. The van der Waals surface area contributed by atoms with Gasteiger partial charge in [-0.1, -0.05) is 6.07 Å². The van der Waals surface area contributed by atoms with E-state index in [-0.39, 0.29) is 36.8 Å². The summed E-state index contributed by atoms with van der Waals surface area (Å²) in [5.74, 6) is -0.481. The molecule has 1 aromatic heterocycles. The zero-order valence-electron chi connectivity index (χ0n) is 14.6. The van der Waals surface area contributed by atoms with E-state index in [0.29, 0.717) is 11.4 Å². The number of carbonyl (C=O) groups excluding carboxylic acids is 3. The van der Waals surface area contributed by atoms with Crippen LogP contribution in [0.3, 0.4) is 0 Å². The number of hydrogen-bond donors (Lipinski definition) is 3. The molecule has 2 aromatic rings. The van der Waals surface area contributed by atoms with Gasteiger partial charge in [-0.15, -0.1) is 0 Å². The standard InChI is InChI=1S/C18H21N3O5/c1-12(2)20-16(22)10-19-17(23)11-26-14-6-3-5-13(9-14)21-18(24)15-7-4-8-25-15/h3-9,12H,10-11H2,1-2H3,(H,19,23)(H,20,22)(H,21,24). The molecule has 2 rings (SSSR count). The van der Waals surface area contributed by atoms with Crippen molar-refractivity contribution in [3.63, 3.8) is 0 Å². The Balaban J connectivity index is 1.80. The van der Waals surface area contributed by atoms with Crippen LogP contribution in [0.5, 0.6) is 5.75 Å². The minimum Gasteiger partial charge on any atom is -0.484 e. The van der Waals surface area contributed by atoms with Gasteiger partial charge in [0.25, 0.3) is 11.8 Å². The molecule has 0 bridgehead atoms. The minimum absolute atomic E-state index is 0.00906. The van der Waals surface area contributed by atoms with Crippen LogP contribution in [0.2, 0.25) is 0 Å². The van der Waals surface area contributed by atoms with E-state index in [9.17, 15) is 14.4 Å². The van der Waals surface area contributed by atoms with E-state index in [1.807, 2.05) is 13.8 Å². The Morgan fingerprint density at radius 1 is 1.12 bits per heavy atom. The minimum atomic E-state index is -0.422. The molecule has 0 saturated heterocycles. The van der Waals surface area contributed by atoms with Gasteiger partial charge in [-0.2, -0.15) is 0 Å². The Morgan fingerprint density at radius 3 is 2.62 bits per heavy atom. The molecule has 0 aliphatic heterocycles. The van der Waals surface area contributed by atoms with Crippen LogP contribution in [0, 0.1) is 0 Å². The highest BCUT2D eigenvalue weighted by Gasteiger charge is 2.10. The van der Waals surface area contributed by atoms with Crippen molar-refractivity contribution in [1.29, 1.82) is 0 Å². The van der Waals surface area contributed by atoms with Crippen LogP contribution < -0.4 is 20.7 Å². The molecule has 138 valence electrons. The van der Waals surface area contributed by atoms with Gasteiger partial charge in [0.2, 0.25) is 5.91 Å². The predicted molar refractivity (Wildman–Crippen MR) is 94.9 cm³/mol. The molecule has 3 N–H and O–H groups in total. The molecule has 0 fully saturated rings. The fraction of sp³-hybridized carbons (Fsp3) is 0.278. The highest BCUT2D eigenvalue weighted by Crippen LogP contribution is 2.18. The van der Waals surface area contributed by atoms with Gasteiger partial charge in [-0.05, 0) is 38.1 Å². The Morgan fingerprint density at radius 2 is 1.92 bits per heavy atom. The molecule has 0 unspecified atom stereocenters. The number of nitrogens with one attached hydrogen (secondary N) is 3. The number of carbonyl (C=O) groups is 3. The number of hydrogen-bond acceptors (Lipinski definition) is 5. The zero-order valence-corrected chi connectivity index (χ0v) is 14.6. The van der Waals surface area contributed by atoms with Crippen molar-refractivity contribution < 1.29 is 23.5 Å². The quantitative estimate of drug-likeness (QED) is 0.662. The molecule has 1 heterocycles. The first-order valence-corrected chi connectivity index (χ1v) is 8.08. The lowest BCUT2D eigenvalue weighted by Gasteiger charge is -2.10. The fourth-order valence-electron chi connectivity index (χ4n) is 2.02. The lowest BCUT2D eigenvalue weighted by Crippen LogP contribution is -2.41. The van der Waals surface area contributed by atoms with Crippen LogP contribution in [0.25, 0.3) is 0 Å². The van der Waals surface area contributed by atoms with Gasteiger partial charge in [-0.25, -0.2) is 0 Å². The second-order valence-electron chi connectivity index (χ2n) is 5.75. The number of benzene rings is 1. The number of ether oxygens (including phenoxy) is 1. The highest BCUT2D eigenvalue weighted by molar-refractivity contribution is 6.02. The maximum atomic E-state index is 11.9. The van der Waals surface area contributed by atoms with Gasteiger partial charge in [0, 0.05) is 17.8 Å². The predicted octanol–water partition coefficient (Wildman–Crippen LogP) is 1.55. The van der Waals surface area contributed by atoms with E-state index in [2.05, 4.69) is 16.0 Å². The van der Waals surface area contributed by atoms with E-state index in [0.717, 1.165) is 0 Å². The van der Waals surface area contributed by atoms with Gasteiger partial charge in [0.05, 0.1) is 12.8 Å². The molecular formula is C18H21N3O5. The van der Waals surface area contributed by atoms with Crippen molar-refractivity contribution in [3.8, 4) is 5.75 Å². The molecule has 0 aliphatic carbocycles. The molecule has 8 nitrogen and oxygen atoms in total. The second-order valence-corrected chi connectivity index (χ2v) is 5.75. The molecule has 3 amide bonds. The lowest BCUT2D eigenvalue weighted by molar-refractivity contribution is -0.127. The molecule has 26 heavy (non-hydrogen) atoms. The summed E-state index contributed by atoms with van der Waals surface area (Å²) in [6, 6.07) is 9.78. The van der Waals surface area contributed by atoms with Crippen LogP contribution >= 0.6 is 0 Å². The average molecular weight is 359 g/mol. The smallest absolute Gasteiger partial charge is 0.291 e. The second kappa shape index (κ2) is 9.26. The number of anilines is 1. The maximum Gasteiger partial charge on any atom is 0.291 e. The summed E-state index contributed by atoms with van der Waals surface area (Å²) in [5, 5.41) is 7.80. The van der Waals surface area contributed by atoms with Crippen molar-refractivity contribution >= 4 is 23.4 Å². The summed E-state index contributed by atoms with van der Waals surface area (Å²) in [4.78, 5) is 35.1. The zero-order chi connectivity index (χ0) is 18.9. The number of furan rings is 1. The topological polar surface area (TPSA) is 110 Å². The van der Waals surface area contributed by atoms with Crippen LogP contribution in [-0.2, 0) is 9.59 Å². The summed E-state index contributed by atoms with van der Waals surface area (Å²) in [6.45, 7) is 3.31. The van der Waals surface area contributed by atoms with E-state index in [1.165, 1.54) is 6.26 Å². The third-order valence-electron chi connectivity index (χ3n) is 3.10. The number of rotatable bonds is 8. The van der Waals surface area contributed by atoms with Gasteiger partial charge >= 0.3 is 0 Å². The van der Waals surface area contributed by atoms with Crippen LogP contribution in [0.15, 0.2) is 47.1 Å². The monoisotopic (exact) mass is 359 g/mol. The Kier molecular flexibility index (Phi) is 6.78. The Bertz CT molecular complexity index is 756. The van der Waals surface area contributed by atoms with Crippen molar-refractivity contribution in [2.45, 2.75) is 19.9 Å². The first kappa shape index (κ1) is 19.0. The molecule has 0 aliphatic rings. The molecule has 0 spiro atoms. The van der Waals surface area contributed by atoms with Crippen molar-refractivity contribution in [2.24, 2.45) is 0 Å². The third kappa shape index (κ3) is 6.31. The summed E-state index contributed by atoms with van der Waals surface area (Å²) >= 11 is 0. The highest BCUT2D eigenvalue weighted by atomic mass is 16.5. The van der Waals surface area contributed by atoms with Crippen molar-refractivity contribution in [3.05, 3.63) is 48.4 Å². The molecule has 0 saturated carbocycles. The summed E-state index contributed by atoms with van der Waals surface area (Å²) < 4.78 is 10.4. The maximum absolute atomic E-state index is 11.9. The van der Waals surface area contributed by atoms with Crippen LogP contribution in [-0.4, -0.2) is 36.9 Å². The van der Waals surface area contributed by atoms with Crippen LogP contribution in [0.1, 0.15) is 24.4 Å². The van der Waals surface area contributed by atoms with Gasteiger partial charge in [0.15, 0.2) is 12.4 Å². The normalized spacial score (nSPS) is 10.3. The van der Waals surface area contributed by atoms with Gasteiger partial charge < -0.3 is 25.1 Å². The summed E-state index contributed by atoms with van der Waals surface area (Å²) in [7, 11) is 0. The van der Waals surface area contributed by atoms with E-state index in [1.54, 1.807) is 36.4 Å². The molecule has 1 aromatic carbocycles. The van der Waals surface area contributed by atoms with Crippen molar-refractivity contribution in [2.75, 3.05) is 18.5 Å².